The summed E-state index contributed by atoms with van der Waals surface area (Å²) in [5.74, 6) is -0.0854. The van der Waals surface area contributed by atoms with E-state index in [1.807, 2.05) is 0 Å². The van der Waals surface area contributed by atoms with Crippen molar-refractivity contribution in [2.24, 2.45) is 17.8 Å². The topological polar surface area (TPSA) is 72.5 Å². The molecule has 0 aromatic heterocycles. The lowest BCUT2D eigenvalue weighted by molar-refractivity contribution is -0.177. The number of benzene rings is 2. The summed E-state index contributed by atoms with van der Waals surface area (Å²) in [5, 5.41) is 2.34. The first-order valence-corrected chi connectivity index (χ1v) is 28.0. The van der Waals surface area contributed by atoms with Crippen molar-refractivity contribution in [2.75, 3.05) is 27.3 Å². The summed E-state index contributed by atoms with van der Waals surface area (Å²) in [6.45, 7) is 26.0. The SMILES string of the molecule is CC[Si](CC)(CC)O[C@@H]1C(=O)[C@@H](OCOCC[Si](C)(C)C)C[C@](C)(OCOC)[C@H]2C[C@H](O[Si](c3ccccc3)(c3ccccc3)C(C)(C)C)[C@H](C)[C@@H]12. The van der Waals surface area contributed by atoms with Gasteiger partial charge in [-0.15, -0.1) is 0 Å². The monoisotopic (exact) mass is 770 g/mol. The van der Waals surface area contributed by atoms with Gasteiger partial charge in [-0.2, -0.15) is 0 Å². The van der Waals surface area contributed by atoms with Gasteiger partial charge in [-0.1, -0.05) is 129 Å². The second kappa shape index (κ2) is 18.0. The Morgan fingerprint density at radius 2 is 1.40 bits per heavy atom. The third-order valence-corrected chi connectivity index (χ3v) is 23.8. The molecule has 292 valence electrons. The van der Waals surface area contributed by atoms with Crippen molar-refractivity contribution < 1.29 is 32.6 Å². The number of ketones is 1. The molecule has 2 aromatic carbocycles. The number of carbonyl (C=O) groups excluding carboxylic acids is 1. The lowest BCUT2D eigenvalue weighted by atomic mass is 9.77. The molecule has 0 amide bonds. The van der Waals surface area contributed by atoms with Crippen LogP contribution in [0.1, 0.15) is 68.2 Å². The van der Waals surface area contributed by atoms with Gasteiger partial charge in [0.2, 0.25) is 0 Å². The Morgan fingerprint density at radius 3 is 1.88 bits per heavy atom. The van der Waals surface area contributed by atoms with Crippen LogP contribution in [0.25, 0.3) is 0 Å². The number of hydrogen-bond donors (Lipinski definition) is 0. The summed E-state index contributed by atoms with van der Waals surface area (Å²) >= 11 is 0. The predicted octanol–water partition coefficient (Wildman–Crippen LogP) is 8.64. The van der Waals surface area contributed by atoms with E-state index in [0.29, 0.717) is 13.0 Å². The smallest absolute Gasteiger partial charge is 0.261 e. The first-order chi connectivity index (χ1) is 24.5. The van der Waals surface area contributed by atoms with Gasteiger partial charge in [0.1, 0.15) is 25.8 Å². The molecule has 0 bridgehead atoms. The van der Waals surface area contributed by atoms with Crippen molar-refractivity contribution in [3.63, 3.8) is 0 Å². The summed E-state index contributed by atoms with van der Waals surface area (Å²) < 4.78 is 39.9. The van der Waals surface area contributed by atoms with E-state index in [1.165, 1.54) is 10.4 Å². The van der Waals surface area contributed by atoms with Crippen molar-refractivity contribution >= 4 is 40.9 Å². The molecular weight excluding hydrogens is 701 g/mol. The molecule has 2 aliphatic rings. The van der Waals surface area contributed by atoms with Crippen LogP contribution in [0.15, 0.2) is 60.7 Å². The zero-order valence-electron chi connectivity index (χ0n) is 34.5. The van der Waals surface area contributed by atoms with Crippen molar-refractivity contribution in [3.05, 3.63) is 60.7 Å². The van der Waals surface area contributed by atoms with Gasteiger partial charge >= 0.3 is 0 Å². The molecule has 2 fully saturated rings. The van der Waals surface area contributed by atoms with E-state index >= 15 is 4.79 Å². The van der Waals surface area contributed by atoms with E-state index in [2.05, 4.69) is 136 Å². The van der Waals surface area contributed by atoms with E-state index in [0.717, 1.165) is 30.6 Å². The summed E-state index contributed by atoms with van der Waals surface area (Å²) in [4.78, 5) is 15.0. The number of carbonyl (C=O) groups is 1. The molecule has 0 radical (unpaired) electrons. The normalized spacial score (nSPS) is 27.4. The van der Waals surface area contributed by atoms with Gasteiger partial charge < -0.3 is 27.8 Å². The van der Waals surface area contributed by atoms with Crippen LogP contribution < -0.4 is 10.4 Å². The quantitative estimate of drug-likeness (QED) is 0.0854. The van der Waals surface area contributed by atoms with Crippen LogP contribution in [0.5, 0.6) is 0 Å². The van der Waals surface area contributed by atoms with Gasteiger partial charge in [-0.3, -0.25) is 4.79 Å². The molecule has 0 aliphatic heterocycles. The lowest BCUT2D eigenvalue weighted by Gasteiger charge is -2.46. The Bertz CT molecular complexity index is 1340. The van der Waals surface area contributed by atoms with Gasteiger partial charge in [0.15, 0.2) is 14.1 Å². The highest BCUT2D eigenvalue weighted by atomic mass is 28.4. The number of Topliss-reactive ketones (excluding diaryl/α,β-unsaturated/α-hetero) is 1. The zero-order chi connectivity index (χ0) is 38.4. The first kappa shape index (κ1) is 43.3. The van der Waals surface area contributed by atoms with Gasteiger partial charge in [0.05, 0.1) is 5.60 Å². The molecule has 0 unspecified atom stereocenters. The van der Waals surface area contributed by atoms with Gasteiger partial charge in [-0.05, 0) is 64.8 Å². The van der Waals surface area contributed by atoms with E-state index in [-0.39, 0.29) is 48.3 Å². The predicted molar refractivity (Wildman–Crippen MR) is 220 cm³/mol. The highest BCUT2D eigenvalue weighted by Gasteiger charge is 2.62. The Balaban J connectivity index is 1.81. The molecule has 2 aliphatic carbocycles. The molecule has 4 rings (SSSR count). The number of fused-ring (bicyclic) bond motifs is 1. The number of hydrogen-bond acceptors (Lipinski definition) is 7. The van der Waals surface area contributed by atoms with Crippen LogP contribution in [0.4, 0.5) is 0 Å². The van der Waals surface area contributed by atoms with Gasteiger partial charge in [0.25, 0.3) is 8.32 Å². The minimum Gasteiger partial charge on any atom is -0.406 e. The molecular formula is C42H70O7Si3. The number of rotatable bonds is 18. The Morgan fingerprint density at radius 1 is 0.846 bits per heavy atom. The lowest BCUT2D eigenvalue weighted by Crippen LogP contribution is -2.68. The molecule has 2 saturated carbocycles. The maximum atomic E-state index is 15.0. The molecule has 52 heavy (non-hydrogen) atoms. The van der Waals surface area contributed by atoms with Crippen LogP contribution in [-0.4, -0.2) is 81.7 Å². The van der Waals surface area contributed by atoms with Crippen LogP contribution >= 0.6 is 0 Å². The average molecular weight is 771 g/mol. The van der Waals surface area contributed by atoms with E-state index < -0.39 is 42.5 Å². The second-order valence-corrected chi connectivity index (χ2v) is 32.4. The van der Waals surface area contributed by atoms with Crippen LogP contribution in [0.2, 0.25) is 48.9 Å². The average Bonchev–Trinajstić information content (AvgIpc) is 3.41. The largest absolute Gasteiger partial charge is 0.406 e. The Kier molecular flexibility index (Phi) is 15.0. The number of ether oxygens (including phenoxy) is 4. The van der Waals surface area contributed by atoms with Crippen LogP contribution in [-0.2, 0) is 32.6 Å². The molecule has 0 spiro atoms. The first-order valence-electron chi connectivity index (χ1n) is 19.8. The molecule has 0 N–H and O–H groups in total. The van der Waals surface area contributed by atoms with Crippen LogP contribution in [0, 0.1) is 17.8 Å². The maximum Gasteiger partial charge on any atom is 0.261 e. The van der Waals surface area contributed by atoms with E-state index in [1.54, 1.807) is 7.11 Å². The van der Waals surface area contributed by atoms with Crippen molar-refractivity contribution in [3.8, 4) is 0 Å². The summed E-state index contributed by atoms with van der Waals surface area (Å²) in [6, 6.07) is 25.6. The number of methoxy groups -OCH3 is 1. The third-order valence-electron chi connectivity index (χ3n) is 12.4. The minimum absolute atomic E-state index is 0.0199. The standard InChI is InChI=1S/C42H70O7Si3/c1-13-51(14-2,15-3)49-40-38-32(4)36(48-52(41(5,6)7,33-22-18-16-19-23-33)34-24-20-17-21-25-34)28-35(38)42(8,47-30-44-9)29-37(39(40)43)46-31-45-26-27-50(10,11)12/h16-25,32,35-38,40H,13-15,26-31H2,1-12H3/t32-,35-,36-,37-,38+,40-,42-/m0/s1. The molecule has 10 heteroatoms. The molecule has 7 atom stereocenters. The van der Waals surface area contributed by atoms with Crippen molar-refractivity contribution in [2.45, 2.75) is 141 Å². The fourth-order valence-corrected chi connectivity index (χ4v) is 17.3. The molecule has 0 saturated heterocycles. The van der Waals surface area contributed by atoms with Gasteiger partial charge in [0, 0.05) is 40.2 Å². The summed E-state index contributed by atoms with van der Waals surface area (Å²) in [6.07, 6.45) is -0.272. The maximum absolute atomic E-state index is 15.0. The molecule has 7 nitrogen and oxygen atoms in total. The Hall–Kier alpha value is -1.48. The molecule has 2 aromatic rings. The molecule has 0 heterocycles. The van der Waals surface area contributed by atoms with Gasteiger partial charge in [-0.25, -0.2) is 0 Å². The highest BCUT2D eigenvalue weighted by Crippen LogP contribution is 2.54. The van der Waals surface area contributed by atoms with Crippen LogP contribution in [0.3, 0.4) is 0 Å². The summed E-state index contributed by atoms with van der Waals surface area (Å²) in [7, 11) is -4.72. The third kappa shape index (κ3) is 9.48. The highest BCUT2D eigenvalue weighted by molar-refractivity contribution is 6.99. The van der Waals surface area contributed by atoms with E-state index in [4.69, 9.17) is 27.8 Å². The second-order valence-electron chi connectivity index (χ2n) is 17.8. The van der Waals surface area contributed by atoms with E-state index in [9.17, 15) is 0 Å². The zero-order valence-corrected chi connectivity index (χ0v) is 37.5. The Labute approximate surface area is 319 Å². The van der Waals surface area contributed by atoms with Crippen molar-refractivity contribution in [1.29, 1.82) is 0 Å². The fourth-order valence-electron chi connectivity index (χ4n) is 8.92. The minimum atomic E-state index is -2.88. The fraction of sp³-hybridized carbons (Fsp3) is 0.690. The summed E-state index contributed by atoms with van der Waals surface area (Å²) in [5.41, 5.74) is -0.718. The van der Waals surface area contributed by atoms with Crippen molar-refractivity contribution in [1.82, 2.24) is 0 Å².